The summed E-state index contributed by atoms with van der Waals surface area (Å²) in [5.41, 5.74) is 1.38. The maximum atomic E-state index is 13.6. The van der Waals surface area contributed by atoms with E-state index in [0.717, 1.165) is 9.35 Å². The number of carbonyl (C=O) groups is 1. The second-order valence-electron chi connectivity index (χ2n) is 6.99. The van der Waals surface area contributed by atoms with Gasteiger partial charge in [0.1, 0.15) is 18.4 Å². The summed E-state index contributed by atoms with van der Waals surface area (Å²) >= 11 is 6.20. The molecule has 4 rings (SSSR count). The highest BCUT2D eigenvalue weighted by atomic mass is 79.9. The van der Waals surface area contributed by atoms with Crippen molar-refractivity contribution < 1.29 is 14.3 Å². The van der Waals surface area contributed by atoms with Gasteiger partial charge in [-0.1, -0.05) is 39.3 Å². The van der Waals surface area contributed by atoms with Crippen LogP contribution in [0.25, 0.3) is 6.08 Å². The second-order valence-corrected chi connectivity index (χ2v) is 9.90. The van der Waals surface area contributed by atoms with Crippen LogP contribution in [-0.2, 0) is 9.53 Å². The number of fused-ring (bicyclic) bond motifs is 1. The van der Waals surface area contributed by atoms with Crippen molar-refractivity contribution >= 4 is 50.6 Å². The predicted octanol–water partition coefficient (Wildman–Crippen LogP) is 3.63. The Morgan fingerprint density at radius 2 is 2.21 bits per heavy atom. The maximum Gasteiger partial charge on any atom is 0.338 e. The molecule has 9 heteroatoms. The lowest BCUT2D eigenvalue weighted by atomic mass is 10.0. The van der Waals surface area contributed by atoms with Crippen molar-refractivity contribution in [2.45, 2.75) is 19.9 Å². The topological polar surface area (TPSA) is 69.9 Å². The van der Waals surface area contributed by atoms with Crippen LogP contribution in [0.5, 0.6) is 5.75 Å². The second kappa shape index (κ2) is 9.91. The first kappa shape index (κ1) is 23.2. The molecule has 0 radical (unpaired) electrons. The fourth-order valence-electron chi connectivity index (χ4n) is 3.53. The molecule has 0 spiro atoms. The molecule has 3 aromatic rings. The molecule has 168 valence electrons. The maximum absolute atomic E-state index is 13.6. The smallest absolute Gasteiger partial charge is 0.338 e. The van der Waals surface area contributed by atoms with Crippen LogP contribution >= 0.6 is 38.6 Å². The zero-order valence-electron chi connectivity index (χ0n) is 17.8. The molecule has 3 heterocycles. The van der Waals surface area contributed by atoms with E-state index in [-0.39, 0.29) is 18.8 Å². The van der Waals surface area contributed by atoms with Crippen LogP contribution in [0.15, 0.2) is 61.2 Å². The predicted molar refractivity (Wildman–Crippen MR) is 133 cm³/mol. The molecule has 0 saturated carbocycles. The monoisotopic (exact) mass is 542 g/mol. The Balaban J connectivity index is 1.92. The number of terminal acetylenes is 1. The lowest BCUT2D eigenvalue weighted by Crippen LogP contribution is -2.39. The number of nitrogens with zero attached hydrogens (tertiary/aromatic N) is 2. The molecule has 1 aromatic carbocycles. The Morgan fingerprint density at radius 1 is 1.39 bits per heavy atom. The third-order valence-corrected chi connectivity index (χ3v) is 7.30. The average Bonchev–Trinajstić information content (AvgIpc) is 3.41. The van der Waals surface area contributed by atoms with Crippen LogP contribution in [0, 0.1) is 12.3 Å². The fraction of sp³-hybridized carbons (Fsp3) is 0.208. The summed E-state index contributed by atoms with van der Waals surface area (Å²) in [6, 6.07) is 8.70. The number of thiophene rings is 1. The first-order valence-electron chi connectivity index (χ1n) is 10.0. The normalized spacial score (nSPS) is 15.6. The van der Waals surface area contributed by atoms with Crippen LogP contribution in [0.1, 0.15) is 30.3 Å². The average molecular weight is 543 g/mol. The standard InChI is InChI=1S/C24H19BrN2O4S2/c1-4-10-31-17-9-8-16(25)12-15(17)13-19-22(28)27-21(18-7-6-11-32-18)20(23(29)30-5-2)14(3)26-24(27)33-19/h1,6-9,11-13,21H,5,10H2,2-3H3/b19-13-. The van der Waals surface area contributed by atoms with Gasteiger partial charge in [0.25, 0.3) is 5.56 Å². The van der Waals surface area contributed by atoms with Gasteiger partial charge < -0.3 is 9.47 Å². The van der Waals surface area contributed by atoms with Crippen molar-refractivity contribution in [3.8, 4) is 18.1 Å². The zero-order valence-corrected chi connectivity index (χ0v) is 21.1. The molecular formula is C24H19BrN2O4S2. The van der Waals surface area contributed by atoms with E-state index in [0.29, 0.717) is 31.9 Å². The molecule has 0 aliphatic carbocycles. The van der Waals surface area contributed by atoms with E-state index in [1.807, 2.05) is 29.6 Å². The molecular weight excluding hydrogens is 524 g/mol. The van der Waals surface area contributed by atoms with Gasteiger partial charge in [0, 0.05) is 14.9 Å². The summed E-state index contributed by atoms with van der Waals surface area (Å²) < 4.78 is 13.8. The number of ether oxygens (including phenoxy) is 2. The number of carbonyl (C=O) groups excluding carboxylic acids is 1. The number of esters is 1. The third-order valence-electron chi connectivity index (χ3n) is 4.90. The molecule has 0 bridgehead atoms. The van der Waals surface area contributed by atoms with Crippen LogP contribution in [0.4, 0.5) is 0 Å². The summed E-state index contributed by atoms with van der Waals surface area (Å²) in [7, 11) is 0. The van der Waals surface area contributed by atoms with Crippen LogP contribution < -0.4 is 19.6 Å². The molecule has 0 fully saturated rings. The molecule has 1 unspecified atom stereocenters. The fourth-order valence-corrected chi connectivity index (χ4v) is 5.77. The lowest BCUT2D eigenvalue weighted by Gasteiger charge is -2.23. The van der Waals surface area contributed by atoms with Gasteiger partial charge in [-0.3, -0.25) is 9.36 Å². The first-order valence-corrected chi connectivity index (χ1v) is 12.5. The van der Waals surface area contributed by atoms with E-state index in [9.17, 15) is 9.59 Å². The van der Waals surface area contributed by atoms with Gasteiger partial charge in [0.2, 0.25) is 0 Å². The van der Waals surface area contributed by atoms with E-state index in [1.54, 1.807) is 30.6 Å². The van der Waals surface area contributed by atoms with Crippen LogP contribution in [0.3, 0.4) is 0 Å². The Labute approximate surface area is 206 Å². The highest BCUT2D eigenvalue weighted by Gasteiger charge is 2.33. The largest absolute Gasteiger partial charge is 0.480 e. The number of rotatable bonds is 6. The van der Waals surface area contributed by atoms with Crippen molar-refractivity contribution in [3.63, 3.8) is 0 Å². The van der Waals surface area contributed by atoms with E-state index < -0.39 is 12.0 Å². The number of halogens is 1. The quantitative estimate of drug-likeness (QED) is 0.352. The molecule has 0 N–H and O–H groups in total. The van der Waals surface area contributed by atoms with Crippen molar-refractivity contribution in [2.75, 3.05) is 13.2 Å². The highest BCUT2D eigenvalue weighted by Crippen LogP contribution is 2.33. The van der Waals surface area contributed by atoms with Crippen molar-refractivity contribution in [3.05, 3.63) is 81.6 Å². The molecule has 1 aliphatic rings. The number of hydrogen-bond acceptors (Lipinski definition) is 7. The van der Waals surface area contributed by atoms with Gasteiger partial charge in [-0.25, -0.2) is 9.79 Å². The number of thiazole rings is 1. The molecule has 1 aliphatic heterocycles. The first-order chi connectivity index (χ1) is 15.9. The number of aromatic nitrogens is 1. The van der Waals surface area contributed by atoms with Crippen molar-refractivity contribution in [2.24, 2.45) is 4.99 Å². The Bertz CT molecular complexity index is 1460. The zero-order chi connectivity index (χ0) is 23.5. The van der Waals surface area contributed by atoms with Crippen LogP contribution in [0.2, 0.25) is 0 Å². The minimum atomic E-state index is -0.595. The molecule has 1 atom stereocenters. The van der Waals surface area contributed by atoms with Crippen molar-refractivity contribution in [1.82, 2.24) is 4.57 Å². The summed E-state index contributed by atoms with van der Waals surface area (Å²) in [5.74, 6) is 2.55. The summed E-state index contributed by atoms with van der Waals surface area (Å²) in [4.78, 5) is 32.4. The van der Waals surface area contributed by atoms with Gasteiger partial charge in [0.05, 0.1) is 22.4 Å². The SMILES string of the molecule is C#CCOc1ccc(Br)cc1/C=c1\sc2n(c1=O)C(c1cccs1)C(C(=O)OCC)=C(C)N=2. The number of benzene rings is 1. The summed E-state index contributed by atoms with van der Waals surface area (Å²) in [6.45, 7) is 3.87. The summed E-state index contributed by atoms with van der Waals surface area (Å²) in [6.07, 6.45) is 7.09. The van der Waals surface area contributed by atoms with Gasteiger partial charge in [-0.05, 0) is 49.6 Å². The van der Waals surface area contributed by atoms with Gasteiger partial charge in [0.15, 0.2) is 4.80 Å². The van der Waals surface area contributed by atoms with Gasteiger partial charge in [-0.2, -0.15) is 0 Å². The highest BCUT2D eigenvalue weighted by molar-refractivity contribution is 9.10. The van der Waals surface area contributed by atoms with E-state index in [1.165, 1.54) is 22.7 Å². The number of hydrogen-bond donors (Lipinski definition) is 0. The van der Waals surface area contributed by atoms with Gasteiger partial charge >= 0.3 is 5.97 Å². The van der Waals surface area contributed by atoms with Crippen LogP contribution in [-0.4, -0.2) is 23.8 Å². The Kier molecular flexibility index (Phi) is 6.98. The van der Waals surface area contributed by atoms with Crippen molar-refractivity contribution in [1.29, 1.82) is 0 Å². The molecule has 0 saturated heterocycles. The minimum Gasteiger partial charge on any atom is -0.480 e. The molecule has 6 nitrogen and oxygen atoms in total. The number of allylic oxidation sites excluding steroid dienone is 1. The Morgan fingerprint density at radius 3 is 2.91 bits per heavy atom. The van der Waals surface area contributed by atoms with E-state index in [4.69, 9.17) is 15.9 Å². The minimum absolute atomic E-state index is 0.115. The molecule has 33 heavy (non-hydrogen) atoms. The van der Waals surface area contributed by atoms with E-state index in [2.05, 4.69) is 26.8 Å². The molecule has 0 amide bonds. The summed E-state index contributed by atoms with van der Waals surface area (Å²) in [5, 5.41) is 1.92. The van der Waals surface area contributed by atoms with E-state index >= 15 is 0 Å². The lowest BCUT2D eigenvalue weighted by molar-refractivity contribution is -0.139. The third kappa shape index (κ3) is 4.60. The molecule has 2 aromatic heterocycles. The van der Waals surface area contributed by atoms with Gasteiger partial charge in [-0.15, -0.1) is 17.8 Å². The Hall–Kier alpha value is -2.93.